The standard InChI is InChI=1S/C12H13N5O/c1-8-14-11(16-18-8)7-13-12-15-9-5-3-4-6-10(9)17(12)2/h3-6H,7H2,1-2H3,(H,13,15). The van der Waals surface area contributed by atoms with Gasteiger partial charge >= 0.3 is 0 Å². The molecular weight excluding hydrogens is 230 g/mol. The summed E-state index contributed by atoms with van der Waals surface area (Å²) in [5.74, 6) is 1.98. The highest BCUT2D eigenvalue weighted by atomic mass is 16.5. The average molecular weight is 243 g/mol. The van der Waals surface area contributed by atoms with Crippen molar-refractivity contribution < 1.29 is 4.52 Å². The van der Waals surface area contributed by atoms with Gasteiger partial charge in [-0.15, -0.1) is 0 Å². The Morgan fingerprint density at radius 3 is 2.83 bits per heavy atom. The van der Waals surface area contributed by atoms with E-state index in [1.165, 1.54) is 0 Å². The Bertz CT molecular complexity index is 685. The van der Waals surface area contributed by atoms with Gasteiger partial charge < -0.3 is 14.4 Å². The Morgan fingerprint density at radius 2 is 2.11 bits per heavy atom. The smallest absolute Gasteiger partial charge is 0.223 e. The fourth-order valence-electron chi connectivity index (χ4n) is 1.87. The van der Waals surface area contributed by atoms with Gasteiger partial charge in [-0.05, 0) is 12.1 Å². The van der Waals surface area contributed by atoms with E-state index in [4.69, 9.17) is 4.52 Å². The SMILES string of the molecule is Cc1nc(CNc2nc3ccccc3n2C)no1. The number of benzene rings is 1. The Kier molecular flexibility index (Phi) is 2.47. The molecule has 0 unspecified atom stereocenters. The van der Waals surface area contributed by atoms with Crippen LogP contribution in [0.4, 0.5) is 5.95 Å². The number of anilines is 1. The van der Waals surface area contributed by atoms with Crippen LogP contribution in [-0.2, 0) is 13.6 Å². The number of hydrogen-bond donors (Lipinski definition) is 1. The number of hydrogen-bond acceptors (Lipinski definition) is 5. The molecule has 0 saturated heterocycles. The van der Waals surface area contributed by atoms with Gasteiger partial charge in [0.25, 0.3) is 0 Å². The van der Waals surface area contributed by atoms with E-state index >= 15 is 0 Å². The number of para-hydroxylation sites is 2. The third-order valence-electron chi connectivity index (χ3n) is 2.76. The molecule has 92 valence electrons. The summed E-state index contributed by atoms with van der Waals surface area (Å²) >= 11 is 0. The predicted molar refractivity (Wildman–Crippen MR) is 67.1 cm³/mol. The molecule has 0 aliphatic rings. The number of fused-ring (bicyclic) bond motifs is 1. The molecule has 2 aromatic heterocycles. The van der Waals surface area contributed by atoms with Crippen molar-refractivity contribution in [2.45, 2.75) is 13.5 Å². The van der Waals surface area contributed by atoms with E-state index in [0.717, 1.165) is 17.0 Å². The Morgan fingerprint density at radius 1 is 1.28 bits per heavy atom. The van der Waals surface area contributed by atoms with Crippen molar-refractivity contribution in [3.8, 4) is 0 Å². The van der Waals surface area contributed by atoms with E-state index in [9.17, 15) is 0 Å². The topological polar surface area (TPSA) is 68.8 Å². The van der Waals surface area contributed by atoms with Crippen LogP contribution >= 0.6 is 0 Å². The molecule has 0 aliphatic heterocycles. The number of aromatic nitrogens is 4. The molecule has 2 heterocycles. The second-order valence-electron chi connectivity index (χ2n) is 4.07. The molecule has 6 nitrogen and oxygen atoms in total. The zero-order chi connectivity index (χ0) is 12.5. The lowest BCUT2D eigenvalue weighted by atomic mass is 10.3. The highest BCUT2D eigenvalue weighted by Gasteiger charge is 2.08. The summed E-state index contributed by atoms with van der Waals surface area (Å²) in [6.07, 6.45) is 0. The molecule has 0 radical (unpaired) electrons. The van der Waals surface area contributed by atoms with Gasteiger partial charge in [-0.3, -0.25) is 0 Å². The van der Waals surface area contributed by atoms with Gasteiger partial charge in [0.2, 0.25) is 11.8 Å². The summed E-state index contributed by atoms with van der Waals surface area (Å²) in [5, 5.41) is 7.03. The molecule has 0 saturated carbocycles. The van der Waals surface area contributed by atoms with E-state index in [-0.39, 0.29) is 0 Å². The monoisotopic (exact) mass is 243 g/mol. The van der Waals surface area contributed by atoms with Crippen molar-refractivity contribution >= 4 is 17.0 Å². The van der Waals surface area contributed by atoms with Gasteiger partial charge in [0.1, 0.15) is 0 Å². The molecule has 1 aromatic carbocycles. The lowest BCUT2D eigenvalue weighted by molar-refractivity contribution is 0.388. The maximum absolute atomic E-state index is 4.91. The van der Waals surface area contributed by atoms with Crippen LogP contribution in [0, 0.1) is 6.92 Å². The van der Waals surface area contributed by atoms with E-state index in [2.05, 4.69) is 20.4 Å². The molecule has 0 spiro atoms. The van der Waals surface area contributed by atoms with Gasteiger partial charge in [0.15, 0.2) is 5.82 Å². The average Bonchev–Trinajstić information content (AvgIpc) is 2.92. The van der Waals surface area contributed by atoms with Gasteiger partial charge in [0.05, 0.1) is 17.6 Å². The van der Waals surface area contributed by atoms with Crippen molar-refractivity contribution in [1.82, 2.24) is 19.7 Å². The van der Waals surface area contributed by atoms with E-state index in [0.29, 0.717) is 18.3 Å². The molecule has 0 amide bonds. The molecule has 0 atom stereocenters. The van der Waals surface area contributed by atoms with Crippen LogP contribution in [0.2, 0.25) is 0 Å². The second-order valence-corrected chi connectivity index (χ2v) is 4.07. The largest absolute Gasteiger partial charge is 0.348 e. The number of rotatable bonds is 3. The Balaban J connectivity index is 1.84. The van der Waals surface area contributed by atoms with Crippen LogP contribution in [0.1, 0.15) is 11.7 Å². The third kappa shape index (κ3) is 1.81. The normalized spacial score (nSPS) is 11.0. The fourth-order valence-corrected chi connectivity index (χ4v) is 1.87. The van der Waals surface area contributed by atoms with Gasteiger partial charge in [-0.2, -0.15) is 4.98 Å². The first-order valence-corrected chi connectivity index (χ1v) is 5.68. The molecule has 18 heavy (non-hydrogen) atoms. The van der Waals surface area contributed by atoms with Crippen LogP contribution in [0.3, 0.4) is 0 Å². The van der Waals surface area contributed by atoms with E-state index in [1.54, 1.807) is 6.92 Å². The van der Waals surface area contributed by atoms with Crippen LogP contribution in [0.25, 0.3) is 11.0 Å². The molecule has 0 fully saturated rings. The van der Waals surface area contributed by atoms with Crippen molar-refractivity contribution in [1.29, 1.82) is 0 Å². The predicted octanol–water partition coefficient (Wildman–Crippen LogP) is 1.88. The number of imidazole rings is 1. The summed E-state index contributed by atoms with van der Waals surface area (Å²) < 4.78 is 6.92. The second kappa shape index (κ2) is 4.14. The van der Waals surface area contributed by atoms with Crippen molar-refractivity contribution in [2.24, 2.45) is 7.05 Å². The lowest BCUT2D eigenvalue weighted by Gasteiger charge is -2.02. The molecule has 0 bridgehead atoms. The maximum Gasteiger partial charge on any atom is 0.223 e. The maximum atomic E-state index is 4.91. The zero-order valence-electron chi connectivity index (χ0n) is 10.2. The fraction of sp³-hybridized carbons (Fsp3) is 0.250. The summed E-state index contributed by atoms with van der Waals surface area (Å²) in [6, 6.07) is 7.99. The Labute approximate surface area is 104 Å². The van der Waals surface area contributed by atoms with Crippen LogP contribution in [-0.4, -0.2) is 19.7 Å². The first-order chi connectivity index (χ1) is 8.74. The first-order valence-electron chi connectivity index (χ1n) is 5.68. The van der Waals surface area contributed by atoms with Crippen molar-refractivity contribution in [3.63, 3.8) is 0 Å². The van der Waals surface area contributed by atoms with Gasteiger partial charge in [-0.25, -0.2) is 4.98 Å². The molecule has 3 aromatic rings. The minimum Gasteiger partial charge on any atom is -0.348 e. The van der Waals surface area contributed by atoms with Gasteiger partial charge in [-0.1, -0.05) is 17.3 Å². The molecule has 1 N–H and O–H groups in total. The van der Waals surface area contributed by atoms with Crippen LogP contribution < -0.4 is 5.32 Å². The van der Waals surface area contributed by atoms with Crippen molar-refractivity contribution in [2.75, 3.05) is 5.32 Å². The highest BCUT2D eigenvalue weighted by Crippen LogP contribution is 2.17. The van der Waals surface area contributed by atoms with Crippen molar-refractivity contribution in [3.05, 3.63) is 36.0 Å². The highest BCUT2D eigenvalue weighted by molar-refractivity contribution is 5.78. The summed E-state index contributed by atoms with van der Waals surface area (Å²) in [7, 11) is 1.97. The number of aryl methyl sites for hydroxylation is 2. The van der Waals surface area contributed by atoms with E-state index in [1.807, 2.05) is 35.9 Å². The summed E-state index contributed by atoms with van der Waals surface area (Å²) in [4.78, 5) is 8.63. The van der Waals surface area contributed by atoms with Crippen LogP contribution in [0.5, 0.6) is 0 Å². The summed E-state index contributed by atoms with van der Waals surface area (Å²) in [6.45, 7) is 2.26. The molecule has 6 heteroatoms. The number of nitrogens with one attached hydrogen (secondary N) is 1. The minimum absolute atomic E-state index is 0.495. The Hall–Kier alpha value is -2.37. The molecular formula is C12H13N5O. The van der Waals surface area contributed by atoms with Gasteiger partial charge in [0, 0.05) is 14.0 Å². The quantitative estimate of drug-likeness (QED) is 0.760. The molecule has 0 aliphatic carbocycles. The number of nitrogens with zero attached hydrogens (tertiary/aromatic N) is 4. The molecule has 3 rings (SSSR count). The minimum atomic E-state index is 0.495. The third-order valence-corrected chi connectivity index (χ3v) is 2.76. The zero-order valence-corrected chi connectivity index (χ0v) is 10.2. The first kappa shape index (κ1) is 10.8. The lowest BCUT2D eigenvalue weighted by Crippen LogP contribution is -2.06. The van der Waals surface area contributed by atoms with Crippen LogP contribution in [0.15, 0.2) is 28.8 Å². The summed E-state index contributed by atoms with van der Waals surface area (Å²) in [5.41, 5.74) is 2.05. The van der Waals surface area contributed by atoms with E-state index < -0.39 is 0 Å².